The normalized spacial score (nSPS) is 11.0. The van der Waals surface area contributed by atoms with Crippen molar-refractivity contribution in [3.8, 4) is 11.3 Å². The van der Waals surface area contributed by atoms with Crippen molar-refractivity contribution < 1.29 is 5.11 Å². The van der Waals surface area contributed by atoms with Gasteiger partial charge in [0.25, 0.3) is 0 Å². The number of aliphatic hydroxyl groups is 1. The van der Waals surface area contributed by atoms with Gasteiger partial charge in [0.05, 0.1) is 36.8 Å². The van der Waals surface area contributed by atoms with Crippen molar-refractivity contribution in [1.82, 2.24) is 29.4 Å². The molecule has 0 radical (unpaired) electrons. The van der Waals surface area contributed by atoms with Crippen LogP contribution in [0.2, 0.25) is 0 Å². The summed E-state index contributed by atoms with van der Waals surface area (Å²) in [5.41, 5.74) is 10.7. The minimum absolute atomic E-state index is 0.0117. The van der Waals surface area contributed by atoms with Crippen LogP contribution in [0.1, 0.15) is 5.56 Å². The summed E-state index contributed by atoms with van der Waals surface area (Å²) in [5.74, 6) is 0.637. The maximum absolute atomic E-state index is 9.00. The van der Waals surface area contributed by atoms with E-state index in [1.54, 1.807) is 34.0 Å². The lowest BCUT2D eigenvalue weighted by molar-refractivity contribution is 0.269. The molecule has 4 aromatic heterocycles. The van der Waals surface area contributed by atoms with E-state index in [1.165, 1.54) is 0 Å². The van der Waals surface area contributed by atoms with E-state index in [4.69, 9.17) is 10.6 Å². The van der Waals surface area contributed by atoms with Crippen LogP contribution >= 0.6 is 0 Å². The third-order valence-electron chi connectivity index (χ3n) is 4.04. The Morgan fingerprint density at radius 2 is 2.15 bits per heavy atom. The van der Waals surface area contributed by atoms with Crippen molar-refractivity contribution in [3.63, 3.8) is 0 Å². The van der Waals surface area contributed by atoms with Crippen LogP contribution in [-0.2, 0) is 13.1 Å². The van der Waals surface area contributed by atoms with Crippen molar-refractivity contribution in [2.24, 2.45) is 5.11 Å². The van der Waals surface area contributed by atoms with Gasteiger partial charge in [-0.2, -0.15) is 10.2 Å². The van der Waals surface area contributed by atoms with E-state index in [0.717, 1.165) is 16.6 Å². The Morgan fingerprint density at radius 3 is 3.00 bits per heavy atom. The Morgan fingerprint density at radius 1 is 1.22 bits per heavy atom. The second-order valence-electron chi connectivity index (χ2n) is 5.84. The molecule has 0 aromatic carbocycles. The van der Waals surface area contributed by atoms with E-state index < -0.39 is 0 Å². The summed E-state index contributed by atoms with van der Waals surface area (Å²) in [6, 6.07) is 5.91. The fourth-order valence-electron chi connectivity index (χ4n) is 2.71. The molecule has 136 valence electrons. The van der Waals surface area contributed by atoms with Crippen molar-refractivity contribution in [3.05, 3.63) is 54.7 Å². The monoisotopic (exact) mass is 363 g/mol. The zero-order valence-electron chi connectivity index (χ0n) is 14.3. The zero-order chi connectivity index (χ0) is 18.6. The number of rotatable bonds is 7. The largest absolute Gasteiger partial charge is 0.394 e. The highest BCUT2D eigenvalue weighted by molar-refractivity contribution is 5.64. The number of aromatic nitrogens is 6. The van der Waals surface area contributed by atoms with Crippen LogP contribution in [0.15, 0.2) is 54.3 Å². The number of aliphatic hydroxyl groups excluding tert-OH is 1. The molecule has 0 amide bonds. The molecule has 0 spiro atoms. The van der Waals surface area contributed by atoms with E-state index in [0.29, 0.717) is 24.6 Å². The van der Waals surface area contributed by atoms with Crippen molar-refractivity contribution in [1.29, 1.82) is 5.53 Å². The van der Waals surface area contributed by atoms with Gasteiger partial charge in [-0.1, -0.05) is 0 Å². The first-order chi connectivity index (χ1) is 13.3. The molecule has 0 aliphatic carbocycles. The third-order valence-corrected chi connectivity index (χ3v) is 4.04. The Hall–Kier alpha value is -3.66. The summed E-state index contributed by atoms with van der Waals surface area (Å²) in [6.45, 7) is 0.930. The number of nitrogens with zero attached hydrogens (tertiary/aromatic N) is 7. The molecule has 0 aliphatic rings. The molecule has 0 unspecified atom stereocenters. The maximum atomic E-state index is 9.00. The van der Waals surface area contributed by atoms with Crippen molar-refractivity contribution in [2.45, 2.75) is 13.1 Å². The van der Waals surface area contributed by atoms with E-state index >= 15 is 0 Å². The minimum atomic E-state index is 0.0117. The maximum Gasteiger partial charge on any atom is 0.216 e. The van der Waals surface area contributed by atoms with Gasteiger partial charge in [-0.15, -0.1) is 5.11 Å². The Balaban J connectivity index is 1.57. The molecule has 0 atom stereocenters. The molecule has 0 bridgehead atoms. The average Bonchev–Trinajstić information content (AvgIpc) is 3.35. The van der Waals surface area contributed by atoms with E-state index in [-0.39, 0.29) is 12.4 Å². The number of anilines is 1. The molecule has 0 fully saturated rings. The lowest BCUT2D eigenvalue weighted by atomic mass is 10.2. The predicted octanol–water partition coefficient (Wildman–Crippen LogP) is 2.25. The molecule has 0 saturated carbocycles. The summed E-state index contributed by atoms with van der Waals surface area (Å²) < 4.78 is 3.42. The van der Waals surface area contributed by atoms with Gasteiger partial charge in [-0.3, -0.25) is 4.68 Å². The van der Waals surface area contributed by atoms with Crippen LogP contribution in [-0.4, -0.2) is 41.1 Å². The number of nitrogens with one attached hydrogen (secondary N) is 2. The highest BCUT2D eigenvalue weighted by atomic mass is 16.3. The SMILES string of the molecule is N=Nc1ncc(-c2cnn(CCO)c2)nc1NCc1ccn2nccc2c1. The second-order valence-corrected chi connectivity index (χ2v) is 5.84. The van der Waals surface area contributed by atoms with Gasteiger partial charge >= 0.3 is 0 Å². The van der Waals surface area contributed by atoms with Crippen molar-refractivity contribution in [2.75, 3.05) is 11.9 Å². The number of pyridine rings is 1. The van der Waals surface area contributed by atoms with Crippen LogP contribution in [0.3, 0.4) is 0 Å². The van der Waals surface area contributed by atoms with E-state index in [1.807, 2.05) is 24.4 Å². The summed E-state index contributed by atoms with van der Waals surface area (Å²) >= 11 is 0. The van der Waals surface area contributed by atoms with E-state index in [2.05, 4.69) is 30.6 Å². The molecule has 0 aliphatic heterocycles. The quantitative estimate of drug-likeness (QED) is 0.432. The topological polar surface area (TPSA) is 129 Å². The van der Waals surface area contributed by atoms with Gasteiger partial charge in [0, 0.05) is 30.7 Å². The summed E-state index contributed by atoms with van der Waals surface area (Å²) in [5, 5.41) is 24.0. The first-order valence-electron chi connectivity index (χ1n) is 8.31. The van der Waals surface area contributed by atoms with Gasteiger partial charge < -0.3 is 10.4 Å². The molecule has 27 heavy (non-hydrogen) atoms. The fraction of sp³-hybridized carbons (Fsp3) is 0.176. The van der Waals surface area contributed by atoms with Gasteiger partial charge in [-0.05, 0) is 23.8 Å². The van der Waals surface area contributed by atoms with Crippen LogP contribution < -0.4 is 5.32 Å². The minimum Gasteiger partial charge on any atom is -0.394 e. The van der Waals surface area contributed by atoms with E-state index in [9.17, 15) is 0 Å². The number of fused-ring (bicyclic) bond motifs is 1. The second kappa shape index (κ2) is 7.30. The van der Waals surface area contributed by atoms with Crippen LogP contribution in [0.25, 0.3) is 16.8 Å². The molecule has 4 aromatic rings. The van der Waals surface area contributed by atoms with Gasteiger partial charge in [-0.25, -0.2) is 20.0 Å². The highest BCUT2D eigenvalue weighted by Crippen LogP contribution is 2.25. The molecular weight excluding hydrogens is 346 g/mol. The van der Waals surface area contributed by atoms with Crippen LogP contribution in [0.5, 0.6) is 0 Å². The Bertz CT molecular complexity index is 1080. The summed E-state index contributed by atoms with van der Waals surface area (Å²) in [6.07, 6.45) is 8.64. The third kappa shape index (κ3) is 3.51. The van der Waals surface area contributed by atoms with Gasteiger partial charge in [0.1, 0.15) is 0 Å². The molecule has 3 N–H and O–H groups in total. The van der Waals surface area contributed by atoms with Gasteiger partial charge in [0.15, 0.2) is 5.82 Å². The zero-order valence-corrected chi connectivity index (χ0v) is 14.3. The lowest BCUT2D eigenvalue weighted by Gasteiger charge is -2.09. The number of hydrogen-bond acceptors (Lipinski definition) is 8. The summed E-state index contributed by atoms with van der Waals surface area (Å²) in [7, 11) is 0. The average molecular weight is 363 g/mol. The molecule has 4 heterocycles. The molecule has 10 heteroatoms. The van der Waals surface area contributed by atoms with Crippen LogP contribution in [0.4, 0.5) is 11.6 Å². The summed E-state index contributed by atoms with van der Waals surface area (Å²) in [4.78, 5) is 8.74. The molecular formula is C17H17N9O. The van der Waals surface area contributed by atoms with Gasteiger partial charge in [0.2, 0.25) is 5.82 Å². The Labute approximate surface area is 154 Å². The first-order valence-corrected chi connectivity index (χ1v) is 8.31. The smallest absolute Gasteiger partial charge is 0.216 e. The predicted molar refractivity (Wildman–Crippen MR) is 97.7 cm³/mol. The standard InChI is InChI=1S/C17H17N9O/c18-24-17-16(19-8-12-2-4-26-14(7-12)1-3-21-26)23-15(10-20-17)13-9-22-25(11-13)5-6-27/h1-4,7,9-11,18,27H,5-6,8H2,(H,19,23). The first kappa shape index (κ1) is 16.8. The fourth-order valence-corrected chi connectivity index (χ4v) is 2.71. The van der Waals surface area contributed by atoms with Crippen molar-refractivity contribution >= 4 is 17.2 Å². The molecule has 0 saturated heterocycles. The van der Waals surface area contributed by atoms with Crippen LogP contribution in [0, 0.1) is 5.53 Å². The lowest BCUT2D eigenvalue weighted by Crippen LogP contribution is -2.04. The molecule has 4 rings (SSSR count). The highest BCUT2D eigenvalue weighted by Gasteiger charge is 2.10. The molecule has 10 nitrogen and oxygen atoms in total. The number of hydrogen-bond donors (Lipinski definition) is 3. The Kier molecular flexibility index (Phi) is 4.54.